The predicted molar refractivity (Wildman–Crippen MR) is 112 cm³/mol. The maximum absolute atomic E-state index is 11.5. The van der Waals surface area contributed by atoms with E-state index in [1.165, 1.54) is 6.07 Å². The first-order chi connectivity index (χ1) is 13.8. The van der Waals surface area contributed by atoms with Crippen molar-refractivity contribution in [1.82, 2.24) is 10.3 Å². The molecule has 1 aliphatic rings. The summed E-state index contributed by atoms with van der Waals surface area (Å²) in [6, 6.07) is 15.4. The molecule has 2 aromatic carbocycles. The molecule has 1 aromatic heterocycles. The molecule has 0 amide bonds. The largest absolute Gasteiger partial charge is 0.456 e. The molecule has 1 aliphatic heterocycles. The first-order valence-corrected chi connectivity index (χ1v) is 10.8. The Kier molecular flexibility index (Phi) is 6.87. The van der Waals surface area contributed by atoms with Crippen LogP contribution >= 0.6 is 11.6 Å². The van der Waals surface area contributed by atoms with E-state index >= 15 is 0 Å². The zero-order valence-electron chi connectivity index (χ0n) is 15.7. The molecule has 0 atom stereocenters. The molecular formula is C21H21ClN2O4S. The average Bonchev–Trinajstić information content (AvgIpc) is 2.64. The molecule has 3 aromatic rings. The lowest BCUT2D eigenvalue weighted by Crippen LogP contribution is -2.39. The lowest BCUT2D eigenvalue weighted by molar-refractivity contribution is 0.437. The lowest BCUT2D eigenvalue weighted by Gasteiger charge is -2.28. The zero-order chi connectivity index (χ0) is 20.9. The molecule has 0 radical (unpaired) electrons. The van der Waals surface area contributed by atoms with Crippen LogP contribution in [0.25, 0.3) is 0 Å². The summed E-state index contributed by atoms with van der Waals surface area (Å²) in [6.45, 7) is 3.52. The van der Waals surface area contributed by atoms with Gasteiger partial charge in [-0.05, 0) is 60.5 Å². The molecule has 0 aliphatic carbocycles. The molecule has 152 valence electrons. The van der Waals surface area contributed by atoms with Gasteiger partial charge in [-0.2, -0.15) is 8.42 Å². The SMILES string of the molecule is Cc1ccc(S(=O)(=O)O)c(Oc2ccc(Cl)c(C3CNC3)c2)c1.c1ccncc1. The third-order valence-electron chi connectivity index (χ3n) is 4.36. The minimum absolute atomic E-state index is 0.0903. The molecule has 0 bridgehead atoms. The minimum atomic E-state index is -4.36. The van der Waals surface area contributed by atoms with E-state index in [4.69, 9.17) is 16.3 Å². The van der Waals surface area contributed by atoms with Gasteiger partial charge in [-0.1, -0.05) is 23.7 Å². The van der Waals surface area contributed by atoms with Gasteiger partial charge in [-0.3, -0.25) is 9.54 Å². The van der Waals surface area contributed by atoms with E-state index in [9.17, 15) is 13.0 Å². The van der Waals surface area contributed by atoms with Crippen LogP contribution in [0.1, 0.15) is 17.0 Å². The van der Waals surface area contributed by atoms with E-state index in [0.29, 0.717) is 16.7 Å². The number of benzene rings is 2. The fraction of sp³-hybridized carbons (Fsp3) is 0.190. The third-order valence-corrected chi connectivity index (χ3v) is 5.60. The van der Waals surface area contributed by atoms with Crippen LogP contribution in [0, 0.1) is 6.92 Å². The second kappa shape index (κ2) is 9.37. The number of hydrogen-bond donors (Lipinski definition) is 2. The van der Waals surface area contributed by atoms with Crippen molar-refractivity contribution >= 4 is 21.7 Å². The Hall–Kier alpha value is -2.45. The highest BCUT2D eigenvalue weighted by Gasteiger charge is 2.23. The van der Waals surface area contributed by atoms with Crippen LogP contribution in [0.5, 0.6) is 11.5 Å². The van der Waals surface area contributed by atoms with Gasteiger partial charge in [0.05, 0.1) is 0 Å². The van der Waals surface area contributed by atoms with E-state index < -0.39 is 10.1 Å². The Morgan fingerprint density at radius 2 is 1.83 bits per heavy atom. The summed E-state index contributed by atoms with van der Waals surface area (Å²) < 4.78 is 38.0. The molecule has 0 spiro atoms. The van der Waals surface area contributed by atoms with Crippen molar-refractivity contribution in [2.75, 3.05) is 13.1 Å². The number of aryl methyl sites for hydroxylation is 1. The van der Waals surface area contributed by atoms with Crippen molar-refractivity contribution in [3.8, 4) is 11.5 Å². The van der Waals surface area contributed by atoms with Gasteiger partial charge in [-0.25, -0.2) is 0 Å². The quantitative estimate of drug-likeness (QED) is 0.592. The van der Waals surface area contributed by atoms with Gasteiger partial charge in [0.2, 0.25) is 0 Å². The van der Waals surface area contributed by atoms with E-state index in [1.807, 2.05) is 31.2 Å². The summed E-state index contributed by atoms with van der Waals surface area (Å²) in [4.78, 5) is 3.53. The smallest absolute Gasteiger partial charge is 0.298 e. The molecular weight excluding hydrogens is 412 g/mol. The fourth-order valence-electron chi connectivity index (χ4n) is 2.75. The third kappa shape index (κ3) is 5.77. The first-order valence-electron chi connectivity index (χ1n) is 8.96. The van der Waals surface area contributed by atoms with Crippen LogP contribution in [0.3, 0.4) is 0 Å². The molecule has 29 heavy (non-hydrogen) atoms. The van der Waals surface area contributed by atoms with E-state index in [2.05, 4.69) is 10.3 Å². The van der Waals surface area contributed by atoms with Crippen LogP contribution in [-0.2, 0) is 10.1 Å². The molecule has 4 rings (SSSR count). The molecule has 2 N–H and O–H groups in total. The Labute approximate surface area is 175 Å². The van der Waals surface area contributed by atoms with Crippen molar-refractivity contribution < 1.29 is 17.7 Å². The van der Waals surface area contributed by atoms with Gasteiger partial charge in [0.25, 0.3) is 10.1 Å². The second-order valence-corrected chi connectivity index (χ2v) is 8.39. The molecule has 1 fully saturated rings. The van der Waals surface area contributed by atoms with Gasteiger partial charge in [-0.15, -0.1) is 0 Å². The van der Waals surface area contributed by atoms with E-state index in [1.54, 1.807) is 36.7 Å². The van der Waals surface area contributed by atoms with Crippen LogP contribution in [0.2, 0.25) is 5.02 Å². The monoisotopic (exact) mass is 432 g/mol. The number of aromatic nitrogens is 1. The highest BCUT2D eigenvalue weighted by molar-refractivity contribution is 7.86. The van der Waals surface area contributed by atoms with Crippen LogP contribution in [0.4, 0.5) is 0 Å². The summed E-state index contributed by atoms with van der Waals surface area (Å²) in [5.41, 5.74) is 1.79. The maximum Gasteiger partial charge on any atom is 0.298 e. The fourth-order valence-corrected chi connectivity index (χ4v) is 3.62. The van der Waals surface area contributed by atoms with E-state index in [0.717, 1.165) is 24.2 Å². The molecule has 6 nitrogen and oxygen atoms in total. The second-order valence-electron chi connectivity index (χ2n) is 6.59. The van der Waals surface area contributed by atoms with Gasteiger partial charge in [0, 0.05) is 36.4 Å². The Morgan fingerprint density at radius 3 is 2.34 bits per heavy atom. The molecule has 8 heteroatoms. The first kappa shape index (κ1) is 21.3. The van der Waals surface area contributed by atoms with Crippen LogP contribution in [-0.4, -0.2) is 31.0 Å². The van der Waals surface area contributed by atoms with Crippen molar-refractivity contribution in [1.29, 1.82) is 0 Å². The predicted octanol–water partition coefficient (Wildman–Crippen LogP) is 4.46. The van der Waals surface area contributed by atoms with Crippen molar-refractivity contribution in [3.05, 3.63) is 83.1 Å². The van der Waals surface area contributed by atoms with Crippen molar-refractivity contribution in [2.24, 2.45) is 0 Å². The summed E-state index contributed by atoms with van der Waals surface area (Å²) in [7, 11) is -4.36. The minimum Gasteiger partial charge on any atom is -0.456 e. The lowest BCUT2D eigenvalue weighted by atomic mass is 9.93. The molecule has 1 saturated heterocycles. The van der Waals surface area contributed by atoms with Gasteiger partial charge in [0.15, 0.2) is 0 Å². The maximum atomic E-state index is 11.5. The summed E-state index contributed by atoms with van der Waals surface area (Å²) >= 11 is 6.22. The Bertz CT molecular complexity index is 1040. The van der Waals surface area contributed by atoms with Gasteiger partial charge < -0.3 is 10.1 Å². The summed E-state index contributed by atoms with van der Waals surface area (Å²) in [6.07, 6.45) is 3.50. The van der Waals surface area contributed by atoms with Crippen LogP contribution in [0.15, 0.2) is 71.9 Å². The zero-order valence-corrected chi connectivity index (χ0v) is 17.3. The summed E-state index contributed by atoms with van der Waals surface area (Å²) in [5.74, 6) is 0.893. The standard InChI is InChI=1S/C16H16ClNO4S.C5H5N/c1-10-2-5-16(23(19,20)21)15(6-10)22-12-3-4-14(17)13(7-12)11-8-18-9-11;1-2-4-6-5-3-1/h2-7,11,18H,8-9H2,1H3,(H,19,20,21);1-5H. The highest BCUT2D eigenvalue weighted by Crippen LogP contribution is 2.34. The number of nitrogens with zero attached hydrogens (tertiary/aromatic N) is 1. The molecule has 0 saturated carbocycles. The van der Waals surface area contributed by atoms with Gasteiger partial charge >= 0.3 is 0 Å². The highest BCUT2D eigenvalue weighted by atomic mass is 35.5. The van der Waals surface area contributed by atoms with Crippen molar-refractivity contribution in [2.45, 2.75) is 17.7 Å². The topological polar surface area (TPSA) is 88.5 Å². The number of nitrogens with one attached hydrogen (secondary N) is 1. The Morgan fingerprint density at radius 1 is 1.10 bits per heavy atom. The molecule has 0 unspecified atom stereocenters. The number of ether oxygens (including phenoxy) is 1. The Balaban J connectivity index is 0.000000343. The summed E-state index contributed by atoms with van der Waals surface area (Å²) in [5, 5.41) is 3.84. The normalized spacial score (nSPS) is 13.8. The average molecular weight is 433 g/mol. The van der Waals surface area contributed by atoms with Crippen molar-refractivity contribution in [3.63, 3.8) is 0 Å². The number of halogens is 1. The molecule has 2 heterocycles. The van der Waals surface area contributed by atoms with Crippen LogP contribution < -0.4 is 10.1 Å². The van der Waals surface area contributed by atoms with Gasteiger partial charge in [0.1, 0.15) is 16.4 Å². The van der Waals surface area contributed by atoms with E-state index in [-0.39, 0.29) is 10.6 Å². The number of rotatable bonds is 4. The number of pyridine rings is 1. The number of hydrogen-bond acceptors (Lipinski definition) is 5.